The number of carbonyl (C=O) groups is 1. The number of nitrogens with one attached hydrogen (secondary N) is 1. The van der Waals surface area contributed by atoms with E-state index in [1.807, 2.05) is 26.0 Å². The highest BCUT2D eigenvalue weighted by molar-refractivity contribution is 8.00. The average Bonchev–Trinajstić information content (AvgIpc) is 2.79. The number of hydrogen-bond donors (Lipinski definition) is 2. The van der Waals surface area contributed by atoms with Gasteiger partial charge in [-0.25, -0.2) is 0 Å². The summed E-state index contributed by atoms with van der Waals surface area (Å²) in [4.78, 5) is 12.0. The summed E-state index contributed by atoms with van der Waals surface area (Å²) < 4.78 is 0. The number of hydrogen-bond acceptors (Lipinski definition) is 3. The molecule has 1 aliphatic heterocycles. The summed E-state index contributed by atoms with van der Waals surface area (Å²) in [5.74, 6) is 1.17. The molecule has 0 aliphatic carbocycles. The zero-order chi connectivity index (χ0) is 12.4. The number of benzene rings is 1. The van der Waals surface area contributed by atoms with Gasteiger partial charge in [0.1, 0.15) is 0 Å². The molecule has 0 saturated carbocycles. The molecule has 4 heteroatoms. The molecule has 0 aromatic heterocycles. The van der Waals surface area contributed by atoms with Crippen molar-refractivity contribution in [3.63, 3.8) is 0 Å². The third-order valence-corrected chi connectivity index (χ3v) is 4.52. The van der Waals surface area contributed by atoms with Crippen LogP contribution >= 0.6 is 11.8 Å². The van der Waals surface area contributed by atoms with Crippen molar-refractivity contribution < 1.29 is 4.79 Å². The van der Waals surface area contributed by atoms with Crippen LogP contribution in [0.3, 0.4) is 0 Å². The van der Waals surface area contributed by atoms with Crippen LogP contribution < -0.4 is 11.1 Å². The third-order valence-electron chi connectivity index (χ3n) is 3.15. The Bertz CT molecular complexity index is 439. The number of carbonyl (C=O) groups excluding carboxylic acids is 1. The SMILES string of the molecule is Cc1cc(N)c(NC(=O)C2CCCS2)cc1C. The number of amides is 1. The van der Waals surface area contributed by atoms with E-state index < -0.39 is 0 Å². The molecule has 0 bridgehead atoms. The van der Waals surface area contributed by atoms with E-state index in [2.05, 4.69) is 5.32 Å². The molecule has 1 unspecified atom stereocenters. The number of thioether (sulfide) groups is 1. The van der Waals surface area contributed by atoms with Crippen LogP contribution in [0.15, 0.2) is 12.1 Å². The van der Waals surface area contributed by atoms with Crippen LogP contribution in [0.2, 0.25) is 0 Å². The van der Waals surface area contributed by atoms with E-state index in [9.17, 15) is 4.79 Å². The Morgan fingerprint density at radius 3 is 2.76 bits per heavy atom. The van der Waals surface area contributed by atoms with Crippen LogP contribution in [0.4, 0.5) is 11.4 Å². The fourth-order valence-corrected chi connectivity index (χ4v) is 3.11. The maximum absolute atomic E-state index is 12.0. The largest absolute Gasteiger partial charge is 0.397 e. The van der Waals surface area contributed by atoms with Gasteiger partial charge in [-0.2, -0.15) is 0 Å². The normalized spacial score (nSPS) is 19.3. The Labute approximate surface area is 106 Å². The Kier molecular flexibility index (Phi) is 3.62. The van der Waals surface area contributed by atoms with Crippen molar-refractivity contribution in [3.8, 4) is 0 Å². The number of nitrogen functional groups attached to an aromatic ring is 1. The van der Waals surface area contributed by atoms with Gasteiger partial charge in [0.15, 0.2) is 0 Å². The van der Waals surface area contributed by atoms with Crippen molar-refractivity contribution in [2.45, 2.75) is 31.9 Å². The van der Waals surface area contributed by atoms with Crippen molar-refractivity contribution in [1.82, 2.24) is 0 Å². The third kappa shape index (κ3) is 2.75. The van der Waals surface area contributed by atoms with E-state index in [1.54, 1.807) is 11.8 Å². The van der Waals surface area contributed by atoms with Crippen LogP contribution in [0.25, 0.3) is 0 Å². The van der Waals surface area contributed by atoms with Crippen molar-refractivity contribution in [2.24, 2.45) is 0 Å². The van der Waals surface area contributed by atoms with Gasteiger partial charge in [0.25, 0.3) is 0 Å². The maximum atomic E-state index is 12.0. The molecule has 92 valence electrons. The monoisotopic (exact) mass is 250 g/mol. The predicted octanol–water partition coefficient (Wildman–Crippen LogP) is 2.72. The molecule has 1 amide bonds. The predicted molar refractivity (Wildman–Crippen MR) is 74.4 cm³/mol. The summed E-state index contributed by atoms with van der Waals surface area (Å²) in [6.45, 7) is 4.04. The number of aryl methyl sites for hydroxylation is 2. The first-order chi connectivity index (χ1) is 8.08. The van der Waals surface area contributed by atoms with Gasteiger partial charge >= 0.3 is 0 Å². The summed E-state index contributed by atoms with van der Waals surface area (Å²) >= 11 is 1.73. The maximum Gasteiger partial charge on any atom is 0.237 e. The van der Waals surface area contributed by atoms with Crippen molar-refractivity contribution in [1.29, 1.82) is 0 Å². The van der Waals surface area contributed by atoms with Crippen LogP contribution in [-0.2, 0) is 4.79 Å². The molecular weight excluding hydrogens is 232 g/mol. The summed E-state index contributed by atoms with van der Waals surface area (Å²) in [6, 6.07) is 3.86. The highest BCUT2D eigenvalue weighted by Crippen LogP contribution is 2.29. The summed E-state index contributed by atoms with van der Waals surface area (Å²) in [5.41, 5.74) is 9.60. The highest BCUT2D eigenvalue weighted by atomic mass is 32.2. The fraction of sp³-hybridized carbons (Fsp3) is 0.462. The second-order valence-corrected chi connectivity index (χ2v) is 5.83. The molecule has 2 rings (SSSR count). The van der Waals surface area contributed by atoms with Crippen LogP contribution in [0.5, 0.6) is 0 Å². The number of anilines is 2. The molecule has 1 fully saturated rings. The molecule has 3 N–H and O–H groups in total. The van der Waals surface area contributed by atoms with E-state index in [-0.39, 0.29) is 11.2 Å². The molecular formula is C13H18N2OS. The minimum absolute atomic E-state index is 0.0856. The minimum atomic E-state index is 0.0856. The molecule has 1 aliphatic rings. The van der Waals surface area contributed by atoms with E-state index in [0.29, 0.717) is 5.69 Å². The zero-order valence-electron chi connectivity index (χ0n) is 10.2. The minimum Gasteiger partial charge on any atom is -0.397 e. The zero-order valence-corrected chi connectivity index (χ0v) is 11.1. The van der Waals surface area contributed by atoms with Crippen molar-refractivity contribution >= 4 is 29.0 Å². The number of rotatable bonds is 2. The van der Waals surface area contributed by atoms with Crippen LogP contribution in [0.1, 0.15) is 24.0 Å². The molecule has 1 heterocycles. The van der Waals surface area contributed by atoms with E-state index in [1.165, 1.54) is 0 Å². The summed E-state index contributed by atoms with van der Waals surface area (Å²) in [7, 11) is 0. The quantitative estimate of drug-likeness (QED) is 0.793. The lowest BCUT2D eigenvalue weighted by Gasteiger charge is -2.13. The van der Waals surface area contributed by atoms with E-state index in [0.717, 1.165) is 35.4 Å². The molecule has 17 heavy (non-hydrogen) atoms. The number of nitrogens with two attached hydrogens (primary N) is 1. The van der Waals surface area contributed by atoms with Gasteiger partial charge in [0, 0.05) is 0 Å². The summed E-state index contributed by atoms with van der Waals surface area (Å²) in [6.07, 6.45) is 2.10. The highest BCUT2D eigenvalue weighted by Gasteiger charge is 2.23. The lowest BCUT2D eigenvalue weighted by atomic mass is 10.1. The fourth-order valence-electron chi connectivity index (χ4n) is 1.94. The Hall–Kier alpha value is -1.16. The van der Waals surface area contributed by atoms with Gasteiger partial charge in [-0.3, -0.25) is 4.79 Å². The van der Waals surface area contributed by atoms with Gasteiger partial charge in [0.2, 0.25) is 5.91 Å². The van der Waals surface area contributed by atoms with Gasteiger partial charge in [-0.15, -0.1) is 11.8 Å². The Morgan fingerprint density at radius 1 is 1.41 bits per heavy atom. The molecule has 1 saturated heterocycles. The Balaban J connectivity index is 2.12. The van der Waals surface area contributed by atoms with Gasteiger partial charge < -0.3 is 11.1 Å². The molecule has 1 aromatic carbocycles. The molecule has 1 aromatic rings. The second-order valence-electron chi connectivity index (χ2n) is 4.51. The molecule has 0 radical (unpaired) electrons. The lowest BCUT2D eigenvalue weighted by Crippen LogP contribution is -2.23. The standard InChI is InChI=1S/C13H18N2OS/c1-8-6-10(14)11(7-9(8)2)15-13(16)12-4-3-5-17-12/h6-7,12H,3-5,14H2,1-2H3,(H,15,16). The van der Waals surface area contributed by atoms with E-state index >= 15 is 0 Å². The second kappa shape index (κ2) is 5.00. The molecule has 1 atom stereocenters. The van der Waals surface area contributed by atoms with Crippen LogP contribution in [-0.4, -0.2) is 16.9 Å². The molecule has 3 nitrogen and oxygen atoms in total. The first kappa shape index (κ1) is 12.3. The molecule has 0 spiro atoms. The van der Waals surface area contributed by atoms with Gasteiger partial charge in [0.05, 0.1) is 16.6 Å². The summed E-state index contributed by atoms with van der Waals surface area (Å²) in [5, 5.41) is 3.03. The Morgan fingerprint density at radius 2 is 2.12 bits per heavy atom. The first-order valence-electron chi connectivity index (χ1n) is 5.87. The smallest absolute Gasteiger partial charge is 0.237 e. The van der Waals surface area contributed by atoms with Crippen molar-refractivity contribution in [2.75, 3.05) is 16.8 Å². The topological polar surface area (TPSA) is 55.1 Å². The van der Waals surface area contributed by atoms with Gasteiger partial charge in [-0.1, -0.05) is 0 Å². The average molecular weight is 250 g/mol. The van der Waals surface area contributed by atoms with Gasteiger partial charge in [-0.05, 0) is 55.7 Å². The van der Waals surface area contributed by atoms with Crippen LogP contribution in [0, 0.1) is 13.8 Å². The first-order valence-corrected chi connectivity index (χ1v) is 6.92. The van der Waals surface area contributed by atoms with Crippen molar-refractivity contribution in [3.05, 3.63) is 23.3 Å². The lowest BCUT2D eigenvalue weighted by molar-refractivity contribution is -0.115. The van der Waals surface area contributed by atoms with E-state index in [4.69, 9.17) is 5.73 Å².